The number of carbonyl (C=O) groups excluding carboxylic acids is 1. The number of halogens is 1. The zero-order valence-electron chi connectivity index (χ0n) is 11.1. The van der Waals surface area contributed by atoms with Crippen molar-refractivity contribution >= 4 is 17.3 Å². The highest BCUT2D eigenvalue weighted by molar-refractivity contribution is 7.07. The van der Waals surface area contributed by atoms with Crippen LogP contribution in [0.25, 0.3) is 0 Å². The third kappa shape index (κ3) is 3.17. The van der Waals surface area contributed by atoms with E-state index in [0.717, 1.165) is 11.3 Å². The quantitative estimate of drug-likeness (QED) is 0.811. The predicted molar refractivity (Wildman–Crippen MR) is 74.8 cm³/mol. The van der Waals surface area contributed by atoms with Crippen molar-refractivity contribution in [3.63, 3.8) is 0 Å². The van der Waals surface area contributed by atoms with Crippen molar-refractivity contribution in [2.24, 2.45) is 0 Å². The molecule has 0 bridgehead atoms. The second-order valence-corrected chi connectivity index (χ2v) is 4.93. The third-order valence-corrected chi connectivity index (χ3v) is 3.55. The first-order valence-corrected chi connectivity index (χ1v) is 6.98. The molecule has 5 nitrogen and oxygen atoms in total. The maximum Gasteiger partial charge on any atom is 0.355 e. The summed E-state index contributed by atoms with van der Waals surface area (Å²) in [4.78, 5) is 23.2. The molecule has 0 atom stereocenters. The fourth-order valence-corrected chi connectivity index (χ4v) is 2.54. The highest BCUT2D eigenvalue weighted by Gasteiger charge is 2.17. The van der Waals surface area contributed by atoms with Crippen LogP contribution in [0.5, 0.6) is 0 Å². The standard InChI is InChI=1S/C14H11FN2O3S/c1-2-20-13(18)12-8-21-14(19)17(12)7-10-5-11(15)4-3-9(10)6-16/h3-5,8H,2,7H2,1H3. The van der Waals surface area contributed by atoms with Gasteiger partial charge in [-0.2, -0.15) is 5.26 Å². The summed E-state index contributed by atoms with van der Waals surface area (Å²) in [6, 6.07) is 5.62. The van der Waals surface area contributed by atoms with E-state index in [4.69, 9.17) is 10.00 Å². The van der Waals surface area contributed by atoms with Gasteiger partial charge in [-0.15, -0.1) is 0 Å². The average molecular weight is 306 g/mol. The lowest BCUT2D eigenvalue weighted by Crippen LogP contribution is -2.21. The minimum atomic E-state index is -0.620. The highest BCUT2D eigenvalue weighted by atomic mass is 32.1. The van der Waals surface area contributed by atoms with Crippen LogP contribution in [0, 0.1) is 17.1 Å². The van der Waals surface area contributed by atoms with E-state index >= 15 is 0 Å². The average Bonchev–Trinajstić information content (AvgIpc) is 2.81. The van der Waals surface area contributed by atoms with Crippen LogP contribution >= 0.6 is 11.3 Å². The number of aromatic nitrogens is 1. The van der Waals surface area contributed by atoms with Gasteiger partial charge in [-0.05, 0) is 30.7 Å². The summed E-state index contributed by atoms with van der Waals surface area (Å²) in [7, 11) is 0. The van der Waals surface area contributed by atoms with Gasteiger partial charge in [0, 0.05) is 5.38 Å². The molecular formula is C14H11FN2O3S. The smallest absolute Gasteiger partial charge is 0.355 e. The summed E-state index contributed by atoms with van der Waals surface area (Å²) in [5.74, 6) is -1.13. The summed E-state index contributed by atoms with van der Waals surface area (Å²) in [6.45, 7) is 1.79. The normalized spacial score (nSPS) is 10.1. The van der Waals surface area contributed by atoms with Gasteiger partial charge in [-0.1, -0.05) is 11.3 Å². The predicted octanol–water partition coefficient (Wildman–Crippen LogP) is 2.15. The van der Waals surface area contributed by atoms with E-state index in [1.807, 2.05) is 6.07 Å². The number of ether oxygens (including phenoxy) is 1. The van der Waals surface area contributed by atoms with Crippen molar-refractivity contribution in [2.75, 3.05) is 6.61 Å². The molecule has 2 rings (SSSR count). The monoisotopic (exact) mass is 306 g/mol. The number of hydrogen-bond acceptors (Lipinski definition) is 5. The SMILES string of the molecule is CCOC(=O)c1csc(=O)n1Cc1cc(F)ccc1C#N. The zero-order valence-corrected chi connectivity index (χ0v) is 11.9. The minimum Gasteiger partial charge on any atom is -0.461 e. The molecule has 1 aromatic carbocycles. The minimum absolute atomic E-state index is 0.0584. The van der Waals surface area contributed by atoms with Gasteiger partial charge in [-0.25, -0.2) is 9.18 Å². The number of esters is 1. The third-order valence-electron chi connectivity index (χ3n) is 2.78. The second-order valence-electron chi connectivity index (χ2n) is 4.11. The molecule has 21 heavy (non-hydrogen) atoms. The fourth-order valence-electron chi connectivity index (χ4n) is 1.82. The Hall–Kier alpha value is -2.46. The summed E-state index contributed by atoms with van der Waals surface area (Å²) < 4.78 is 19.4. The lowest BCUT2D eigenvalue weighted by Gasteiger charge is -2.08. The van der Waals surface area contributed by atoms with E-state index in [2.05, 4.69) is 0 Å². The summed E-state index contributed by atoms with van der Waals surface area (Å²) >= 11 is 0.852. The Morgan fingerprint density at radius 1 is 1.52 bits per heavy atom. The van der Waals surface area contributed by atoms with Gasteiger partial charge in [0.25, 0.3) is 0 Å². The van der Waals surface area contributed by atoms with Crippen LogP contribution in [0.15, 0.2) is 28.4 Å². The van der Waals surface area contributed by atoms with E-state index in [1.165, 1.54) is 28.1 Å². The van der Waals surface area contributed by atoms with Crippen molar-refractivity contribution in [1.29, 1.82) is 5.26 Å². The van der Waals surface area contributed by atoms with Crippen LogP contribution in [0.2, 0.25) is 0 Å². The van der Waals surface area contributed by atoms with Crippen LogP contribution in [0.4, 0.5) is 4.39 Å². The molecule has 0 radical (unpaired) electrons. The number of carbonyl (C=O) groups is 1. The van der Waals surface area contributed by atoms with E-state index in [9.17, 15) is 14.0 Å². The maximum absolute atomic E-state index is 13.3. The first kappa shape index (κ1) is 14.9. The molecule has 0 aliphatic heterocycles. The maximum atomic E-state index is 13.3. The molecule has 7 heteroatoms. The van der Waals surface area contributed by atoms with Crippen molar-refractivity contribution < 1.29 is 13.9 Å². The Morgan fingerprint density at radius 2 is 2.29 bits per heavy atom. The topological polar surface area (TPSA) is 72.1 Å². The van der Waals surface area contributed by atoms with Crippen molar-refractivity contribution in [2.45, 2.75) is 13.5 Å². The van der Waals surface area contributed by atoms with Crippen LogP contribution < -0.4 is 4.87 Å². The fraction of sp³-hybridized carbons (Fsp3) is 0.214. The number of thiazole rings is 1. The zero-order chi connectivity index (χ0) is 15.4. The molecule has 1 heterocycles. The molecule has 0 unspecified atom stereocenters. The Bertz CT molecular complexity index is 773. The molecule has 0 amide bonds. The number of nitrogens with zero attached hydrogens (tertiary/aromatic N) is 2. The molecule has 1 aromatic heterocycles. The molecule has 0 saturated heterocycles. The van der Waals surface area contributed by atoms with E-state index < -0.39 is 11.8 Å². The van der Waals surface area contributed by atoms with Crippen molar-refractivity contribution in [3.05, 3.63) is 55.9 Å². The molecule has 0 aliphatic rings. The van der Waals surface area contributed by atoms with E-state index in [1.54, 1.807) is 6.92 Å². The highest BCUT2D eigenvalue weighted by Crippen LogP contribution is 2.14. The van der Waals surface area contributed by atoms with Gasteiger partial charge in [0.2, 0.25) is 0 Å². The van der Waals surface area contributed by atoms with Crippen LogP contribution in [-0.4, -0.2) is 17.1 Å². The second kappa shape index (κ2) is 6.33. The molecule has 0 N–H and O–H groups in total. The summed E-state index contributed by atoms with van der Waals surface area (Å²) in [5.41, 5.74) is 0.688. The van der Waals surface area contributed by atoms with Crippen molar-refractivity contribution in [1.82, 2.24) is 4.57 Å². The number of nitriles is 1. The Labute approximate surface area is 123 Å². The first-order valence-electron chi connectivity index (χ1n) is 6.10. The molecular weight excluding hydrogens is 295 g/mol. The van der Waals surface area contributed by atoms with Gasteiger partial charge in [0.1, 0.15) is 11.5 Å². The van der Waals surface area contributed by atoms with Gasteiger partial charge in [-0.3, -0.25) is 9.36 Å². The van der Waals surface area contributed by atoms with Crippen molar-refractivity contribution in [3.8, 4) is 6.07 Å². The van der Waals surface area contributed by atoms with E-state index in [0.29, 0.717) is 5.56 Å². The summed E-state index contributed by atoms with van der Waals surface area (Å²) in [5, 5.41) is 10.4. The Kier molecular flexibility index (Phi) is 4.50. The number of rotatable bonds is 4. The van der Waals surface area contributed by atoms with Gasteiger partial charge >= 0.3 is 10.8 Å². The van der Waals surface area contributed by atoms with Crippen LogP contribution in [-0.2, 0) is 11.3 Å². The molecule has 0 spiro atoms. The largest absolute Gasteiger partial charge is 0.461 e. The molecule has 0 aliphatic carbocycles. The van der Waals surface area contributed by atoms with Gasteiger partial charge in [0.05, 0.1) is 24.8 Å². The lowest BCUT2D eigenvalue weighted by atomic mass is 10.1. The van der Waals surface area contributed by atoms with Gasteiger partial charge in [0.15, 0.2) is 0 Å². The van der Waals surface area contributed by atoms with Crippen LogP contribution in [0.3, 0.4) is 0 Å². The van der Waals surface area contributed by atoms with Gasteiger partial charge < -0.3 is 4.74 Å². The lowest BCUT2D eigenvalue weighted by molar-refractivity contribution is 0.0514. The number of hydrogen-bond donors (Lipinski definition) is 0. The Balaban J connectivity index is 2.43. The van der Waals surface area contributed by atoms with E-state index in [-0.39, 0.29) is 29.3 Å². The molecule has 2 aromatic rings. The number of benzene rings is 1. The Morgan fingerprint density at radius 3 is 2.95 bits per heavy atom. The molecule has 0 fully saturated rings. The first-order chi connectivity index (χ1) is 10.1. The summed E-state index contributed by atoms with van der Waals surface area (Å²) in [6.07, 6.45) is 0. The molecule has 0 saturated carbocycles. The van der Waals surface area contributed by atoms with Crippen LogP contribution in [0.1, 0.15) is 28.5 Å². The molecule has 108 valence electrons.